The summed E-state index contributed by atoms with van der Waals surface area (Å²) in [6, 6.07) is 4.56. The first-order valence-corrected chi connectivity index (χ1v) is 7.30. The average Bonchev–Trinajstić information content (AvgIpc) is 2.61. The smallest absolute Gasteiger partial charge is 0.317 e. The molecule has 0 radical (unpaired) electrons. The molecule has 0 aliphatic carbocycles. The van der Waals surface area contributed by atoms with Crippen LogP contribution in [0, 0.1) is 11.6 Å². The van der Waals surface area contributed by atoms with Crippen LogP contribution in [0.1, 0.15) is 18.2 Å². The number of aryl methyl sites for hydroxylation is 1. The van der Waals surface area contributed by atoms with Crippen LogP contribution >= 0.6 is 0 Å². The lowest BCUT2D eigenvalue weighted by Crippen LogP contribution is -2.03. The molecule has 1 aromatic heterocycles. The van der Waals surface area contributed by atoms with Crippen molar-refractivity contribution in [3.05, 3.63) is 60.1 Å². The number of methoxy groups -OCH3 is 1. The van der Waals surface area contributed by atoms with Crippen molar-refractivity contribution in [2.24, 2.45) is 0 Å². The Balaban J connectivity index is 0.000000648. The van der Waals surface area contributed by atoms with Gasteiger partial charge in [0.05, 0.1) is 19.0 Å². The van der Waals surface area contributed by atoms with Crippen LogP contribution in [0.2, 0.25) is 0 Å². The maximum absolute atomic E-state index is 13.5. The summed E-state index contributed by atoms with van der Waals surface area (Å²) in [4.78, 5) is 7.67. The second-order valence-electron chi connectivity index (χ2n) is 4.55. The minimum absolute atomic E-state index is 0.0690. The Hall–Kier alpha value is -2.70. The lowest BCUT2D eigenvalue weighted by Gasteiger charge is -2.07. The third-order valence-corrected chi connectivity index (χ3v) is 2.92. The quantitative estimate of drug-likeness (QED) is 0.877. The van der Waals surface area contributed by atoms with Crippen molar-refractivity contribution in [2.45, 2.75) is 20.0 Å². The molecule has 0 amide bonds. The van der Waals surface area contributed by atoms with E-state index in [0.29, 0.717) is 12.0 Å². The monoisotopic (exact) mass is 337 g/mol. The first-order valence-electron chi connectivity index (χ1n) is 7.30. The van der Waals surface area contributed by atoms with Crippen LogP contribution in [0.25, 0.3) is 0 Å². The SMILES string of the molecule is C=CNC.CCc1nc(OCc2ccc(OC)c(F)c2)ncc1F. The molecule has 0 saturated carbocycles. The fraction of sp³-hybridized carbons (Fsp3) is 0.294. The molecule has 130 valence electrons. The van der Waals surface area contributed by atoms with Crippen LogP contribution in [-0.2, 0) is 13.0 Å². The molecule has 0 aliphatic heterocycles. The summed E-state index contributed by atoms with van der Waals surface area (Å²) in [6.45, 7) is 5.25. The molecule has 0 spiro atoms. The molecule has 0 bridgehead atoms. The largest absolute Gasteiger partial charge is 0.494 e. The van der Waals surface area contributed by atoms with Gasteiger partial charge in [-0.1, -0.05) is 19.6 Å². The van der Waals surface area contributed by atoms with Gasteiger partial charge in [-0.05, 0) is 30.3 Å². The van der Waals surface area contributed by atoms with Gasteiger partial charge in [0.25, 0.3) is 0 Å². The van der Waals surface area contributed by atoms with Crippen molar-refractivity contribution >= 4 is 0 Å². The van der Waals surface area contributed by atoms with E-state index < -0.39 is 11.6 Å². The minimum atomic E-state index is -0.470. The number of halogens is 2. The predicted octanol–water partition coefficient (Wildman–Crippen LogP) is 3.25. The number of nitrogens with one attached hydrogen (secondary N) is 1. The number of aromatic nitrogens is 2. The molecule has 0 aliphatic rings. The number of hydrogen-bond donors (Lipinski definition) is 1. The number of ether oxygens (including phenoxy) is 2. The highest BCUT2D eigenvalue weighted by Crippen LogP contribution is 2.18. The maximum atomic E-state index is 13.5. The molecule has 5 nitrogen and oxygen atoms in total. The third kappa shape index (κ3) is 5.83. The van der Waals surface area contributed by atoms with Crippen LogP contribution in [-0.4, -0.2) is 24.1 Å². The van der Waals surface area contributed by atoms with Gasteiger partial charge in [0.2, 0.25) is 0 Å². The number of benzene rings is 1. The van der Waals surface area contributed by atoms with Crippen molar-refractivity contribution in [1.82, 2.24) is 15.3 Å². The van der Waals surface area contributed by atoms with E-state index in [2.05, 4.69) is 21.9 Å². The van der Waals surface area contributed by atoms with E-state index in [1.165, 1.54) is 19.2 Å². The first kappa shape index (κ1) is 19.3. The third-order valence-electron chi connectivity index (χ3n) is 2.92. The van der Waals surface area contributed by atoms with Crippen LogP contribution in [0.3, 0.4) is 0 Å². The summed E-state index contributed by atoms with van der Waals surface area (Å²) in [5.41, 5.74) is 0.894. The Kier molecular flexibility index (Phi) is 8.18. The van der Waals surface area contributed by atoms with Gasteiger partial charge in [0, 0.05) is 7.05 Å². The second-order valence-corrected chi connectivity index (χ2v) is 4.55. The van der Waals surface area contributed by atoms with E-state index in [4.69, 9.17) is 9.47 Å². The standard InChI is InChI=1S/C14H14F2N2O2.C3H7N/c1-3-12-11(16)7-17-14(18-12)20-8-9-4-5-13(19-2)10(15)6-9;1-3-4-2/h4-7H,3,8H2,1-2H3;3-4H,1H2,2H3. The summed E-state index contributed by atoms with van der Waals surface area (Å²) in [7, 11) is 3.21. The molecule has 2 aromatic rings. The van der Waals surface area contributed by atoms with Crippen molar-refractivity contribution in [2.75, 3.05) is 14.2 Å². The number of nitrogens with zero attached hydrogens (tertiary/aromatic N) is 2. The van der Waals surface area contributed by atoms with Crippen molar-refractivity contribution in [3.8, 4) is 11.8 Å². The molecule has 1 N–H and O–H groups in total. The highest BCUT2D eigenvalue weighted by Gasteiger charge is 2.08. The molecule has 0 unspecified atom stereocenters. The van der Waals surface area contributed by atoms with Crippen LogP contribution in [0.4, 0.5) is 8.78 Å². The zero-order chi connectivity index (χ0) is 17.9. The molecule has 0 fully saturated rings. The van der Waals surface area contributed by atoms with Crippen molar-refractivity contribution < 1.29 is 18.3 Å². The zero-order valence-corrected chi connectivity index (χ0v) is 14.0. The Bertz CT molecular complexity index is 666. The fourth-order valence-electron chi connectivity index (χ4n) is 1.65. The summed E-state index contributed by atoms with van der Waals surface area (Å²) in [5, 5.41) is 2.69. The van der Waals surface area contributed by atoms with Crippen molar-refractivity contribution in [3.63, 3.8) is 0 Å². The maximum Gasteiger partial charge on any atom is 0.317 e. The average molecular weight is 337 g/mol. The highest BCUT2D eigenvalue weighted by molar-refractivity contribution is 5.29. The Morgan fingerprint density at radius 2 is 2.00 bits per heavy atom. The number of rotatable bonds is 6. The normalized spacial score (nSPS) is 9.54. The van der Waals surface area contributed by atoms with Crippen LogP contribution in [0.15, 0.2) is 37.2 Å². The number of hydrogen-bond acceptors (Lipinski definition) is 5. The van der Waals surface area contributed by atoms with E-state index >= 15 is 0 Å². The van der Waals surface area contributed by atoms with Gasteiger partial charge in [-0.15, -0.1) is 0 Å². The molecule has 0 saturated heterocycles. The van der Waals surface area contributed by atoms with Crippen LogP contribution < -0.4 is 14.8 Å². The fourth-order valence-corrected chi connectivity index (χ4v) is 1.65. The summed E-state index contributed by atoms with van der Waals surface area (Å²) in [6.07, 6.45) is 3.14. The molecule has 0 atom stereocenters. The summed E-state index contributed by atoms with van der Waals surface area (Å²) in [5.74, 6) is -0.765. The topological polar surface area (TPSA) is 56.3 Å². The van der Waals surface area contributed by atoms with Gasteiger partial charge in [0.15, 0.2) is 17.4 Å². The Morgan fingerprint density at radius 3 is 2.54 bits per heavy atom. The second kappa shape index (κ2) is 10.1. The molecule has 1 heterocycles. The molecule has 2 rings (SSSR count). The molecule has 24 heavy (non-hydrogen) atoms. The van der Waals surface area contributed by atoms with Gasteiger partial charge in [-0.25, -0.2) is 13.8 Å². The zero-order valence-electron chi connectivity index (χ0n) is 14.0. The molecular formula is C17H21F2N3O2. The summed E-state index contributed by atoms with van der Waals surface area (Å²) < 4.78 is 36.9. The van der Waals surface area contributed by atoms with Gasteiger partial charge < -0.3 is 14.8 Å². The van der Waals surface area contributed by atoms with Gasteiger partial charge in [-0.2, -0.15) is 4.98 Å². The minimum Gasteiger partial charge on any atom is -0.494 e. The molecular weight excluding hydrogens is 316 g/mol. The van der Waals surface area contributed by atoms with Crippen LogP contribution in [0.5, 0.6) is 11.8 Å². The Morgan fingerprint density at radius 1 is 1.29 bits per heavy atom. The predicted molar refractivity (Wildman–Crippen MR) is 87.9 cm³/mol. The lowest BCUT2D eigenvalue weighted by atomic mass is 10.2. The Labute approximate surface area is 140 Å². The molecule has 1 aromatic carbocycles. The highest BCUT2D eigenvalue weighted by atomic mass is 19.1. The van der Waals surface area contributed by atoms with E-state index in [-0.39, 0.29) is 24.1 Å². The van der Waals surface area contributed by atoms with E-state index in [9.17, 15) is 8.78 Å². The summed E-state index contributed by atoms with van der Waals surface area (Å²) >= 11 is 0. The molecule has 7 heteroatoms. The van der Waals surface area contributed by atoms with Crippen molar-refractivity contribution in [1.29, 1.82) is 0 Å². The van der Waals surface area contributed by atoms with Gasteiger partial charge >= 0.3 is 6.01 Å². The van der Waals surface area contributed by atoms with E-state index in [1.54, 1.807) is 19.2 Å². The first-order chi connectivity index (χ1) is 11.5. The van der Waals surface area contributed by atoms with Gasteiger partial charge in [0.1, 0.15) is 6.61 Å². The van der Waals surface area contributed by atoms with E-state index in [1.807, 2.05) is 7.05 Å². The van der Waals surface area contributed by atoms with Gasteiger partial charge in [-0.3, -0.25) is 0 Å². The van der Waals surface area contributed by atoms with E-state index in [0.717, 1.165) is 6.20 Å². The lowest BCUT2D eigenvalue weighted by molar-refractivity contribution is 0.277.